The Bertz CT molecular complexity index is 1440. The highest BCUT2D eigenvalue weighted by molar-refractivity contribution is 7.80. The Balaban J connectivity index is 1.51. The Labute approximate surface area is 229 Å². The number of aromatic nitrogens is 2. The highest BCUT2D eigenvalue weighted by atomic mass is 32.1. The number of thiocarbonyl (C=S) groups is 1. The summed E-state index contributed by atoms with van der Waals surface area (Å²) in [6.45, 7) is 9.12. The summed E-state index contributed by atoms with van der Waals surface area (Å²) in [5, 5.41) is 7.14. The van der Waals surface area contributed by atoms with Crippen LogP contribution in [0.5, 0.6) is 0 Å². The second kappa shape index (κ2) is 10.8. The second-order valence-corrected chi connectivity index (χ2v) is 10.3. The van der Waals surface area contributed by atoms with E-state index in [1.807, 2.05) is 54.7 Å². The fourth-order valence-corrected chi connectivity index (χ4v) is 5.87. The van der Waals surface area contributed by atoms with E-state index in [2.05, 4.69) is 77.0 Å². The molecule has 6 nitrogen and oxygen atoms in total. The fraction of sp³-hybridized carbons (Fsp3) is 0.258. The Kier molecular flexibility index (Phi) is 7.29. The molecule has 2 atom stereocenters. The molecule has 1 aliphatic heterocycles. The molecule has 1 amide bonds. The summed E-state index contributed by atoms with van der Waals surface area (Å²) in [4.78, 5) is 19.7. The van der Waals surface area contributed by atoms with E-state index in [0.717, 1.165) is 22.8 Å². The highest BCUT2D eigenvalue weighted by Crippen LogP contribution is 2.42. The van der Waals surface area contributed by atoms with Crippen LogP contribution in [-0.2, 0) is 4.79 Å². The van der Waals surface area contributed by atoms with E-state index < -0.39 is 0 Å². The van der Waals surface area contributed by atoms with E-state index >= 15 is 0 Å². The van der Waals surface area contributed by atoms with Crippen molar-refractivity contribution in [2.45, 2.75) is 46.2 Å². The number of anilines is 1. The van der Waals surface area contributed by atoms with E-state index in [1.165, 1.54) is 22.4 Å². The molecule has 0 radical (unpaired) electrons. The summed E-state index contributed by atoms with van der Waals surface area (Å²) in [7, 11) is 0. The maximum atomic E-state index is 12.8. The molecular formula is C31H33N5OS. The molecule has 0 aliphatic carbocycles. The fourth-order valence-electron chi connectivity index (χ4n) is 5.54. The van der Waals surface area contributed by atoms with Crippen molar-refractivity contribution in [1.82, 2.24) is 19.8 Å². The Morgan fingerprint density at radius 3 is 2.37 bits per heavy atom. The molecule has 0 bridgehead atoms. The Morgan fingerprint density at radius 2 is 1.68 bits per heavy atom. The number of benzene rings is 2. The number of amides is 1. The first kappa shape index (κ1) is 25.7. The Morgan fingerprint density at radius 1 is 0.974 bits per heavy atom. The zero-order valence-corrected chi connectivity index (χ0v) is 23.0. The van der Waals surface area contributed by atoms with Crippen LogP contribution in [0.1, 0.15) is 52.3 Å². The van der Waals surface area contributed by atoms with Crippen LogP contribution in [0.3, 0.4) is 0 Å². The summed E-state index contributed by atoms with van der Waals surface area (Å²) in [5.74, 6) is -0.0416. The lowest BCUT2D eigenvalue weighted by molar-refractivity contribution is -0.116. The first-order chi connectivity index (χ1) is 18.3. The lowest BCUT2D eigenvalue weighted by atomic mass is 9.96. The molecule has 0 spiro atoms. The minimum atomic E-state index is -0.132. The van der Waals surface area contributed by atoms with Gasteiger partial charge in [-0.05, 0) is 86.9 Å². The molecule has 2 N–H and O–H groups in total. The van der Waals surface area contributed by atoms with Crippen LogP contribution in [0.15, 0.2) is 79.0 Å². The van der Waals surface area contributed by atoms with Crippen molar-refractivity contribution in [2.75, 3.05) is 11.9 Å². The van der Waals surface area contributed by atoms with Crippen LogP contribution >= 0.6 is 12.2 Å². The number of pyridine rings is 1. The quantitative estimate of drug-likeness (QED) is 0.286. The van der Waals surface area contributed by atoms with Crippen molar-refractivity contribution in [3.8, 4) is 5.69 Å². The number of aryl methyl sites for hydroxylation is 3. The summed E-state index contributed by atoms with van der Waals surface area (Å²) >= 11 is 5.84. The van der Waals surface area contributed by atoms with Crippen molar-refractivity contribution in [3.05, 3.63) is 113 Å². The molecule has 1 fully saturated rings. The van der Waals surface area contributed by atoms with Crippen LogP contribution in [0.25, 0.3) is 5.69 Å². The summed E-state index contributed by atoms with van der Waals surface area (Å²) in [6.07, 6.45) is 2.13. The van der Waals surface area contributed by atoms with Gasteiger partial charge in [0, 0.05) is 36.2 Å². The average molecular weight is 524 g/mol. The minimum Gasteiger partial charge on any atom is -0.352 e. The van der Waals surface area contributed by atoms with Gasteiger partial charge in [0.25, 0.3) is 0 Å². The van der Waals surface area contributed by atoms with Crippen molar-refractivity contribution >= 4 is 28.9 Å². The third kappa shape index (κ3) is 4.94. The van der Waals surface area contributed by atoms with Gasteiger partial charge in [-0.2, -0.15) is 0 Å². The van der Waals surface area contributed by atoms with Crippen LogP contribution < -0.4 is 10.6 Å². The number of hydrogen-bond donors (Lipinski definition) is 2. The average Bonchev–Trinajstić information content (AvgIpc) is 3.39. The number of nitrogens with zero attached hydrogens (tertiary/aromatic N) is 3. The molecule has 1 saturated heterocycles. The second-order valence-electron chi connectivity index (χ2n) is 9.89. The molecule has 7 heteroatoms. The largest absolute Gasteiger partial charge is 0.352 e. The van der Waals surface area contributed by atoms with Crippen molar-refractivity contribution in [1.29, 1.82) is 0 Å². The third-order valence-electron chi connectivity index (χ3n) is 7.29. The maximum absolute atomic E-state index is 12.8. The zero-order valence-electron chi connectivity index (χ0n) is 22.2. The normalized spacial score (nSPS) is 16.9. The molecule has 2 aromatic carbocycles. The van der Waals surface area contributed by atoms with Crippen LogP contribution in [-0.4, -0.2) is 32.0 Å². The van der Waals surface area contributed by atoms with Crippen molar-refractivity contribution in [3.63, 3.8) is 0 Å². The lowest BCUT2D eigenvalue weighted by Gasteiger charge is -2.28. The van der Waals surface area contributed by atoms with E-state index in [0.29, 0.717) is 18.1 Å². The van der Waals surface area contributed by atoms with Gasteiger partial charge in [-0.25, -0.2) is 0 Å². The monoisotopic (exact) mass is 523 g/mol. The maximum Gasteiger partial charge on any atom is 0.226 e. The van der Waals surface area contributed by atoms with E-state index in [-0.39, 0.29) is 18.0 Å². The molecule has 194 valence electrons. The van der Waals surface area contributed by atoms with E-state index in [4.69, 9.17) is 12.2 Å². The highest BCUT2D eigenvalue weighted by Gasteiger charge is 2.41. The van der Waals surface area contributed by atoms with Gasteiger partial charge in [-0.1, -0.05) is 42.5 Å². The third-order valence-corrected chi connectivity index (χ3v) is 7.64. The molecular weight excluding hydrogens is 490 g/mol. The topological polar surface area (TPSA) is 62.2 Å². The predicted octanol–water partition coefficient (Wildman–Crippen LogP) is 6.11. The molecule has 38 heavy (non-hydrogen) atoms. The van der Waals surface area contributed by atoms with Gasteiger partial charge in [-0.15, -0.1) is 0 Å². The molecule has 0 saturated carbocycles. The van der Waals surface area contributed by atoms with Crippen LogP contribution in [0.4, 0.5) is 5.69 Å². The summed E-state index contributed by atoms with van der Waals surface area (Å²) in [6, 6.07) is 23.9. The number of carbonyl (C=O) groups is 1. The number of carbonyl (C=O) groups excluding carboxylic acids is 1. The summed E-state index contributed by atoms with van der Waals surface area (Å²) < 4.78 is 2.34. The summed E-state index contributed by atoms with van der Waals surface area (Å²) in [5.41, 5.74) is 8.89. The first-order valence-electron chi connectivity index (χ1n) is 12.9. The van der Waals surface area contributed by atoms with Crippen LogP contribution in [0, 0.1) is 27.7 Å². The standard InChI is InChI=1S/C31H33N5OS/c1-20-11-10-12-21(2)29(20)36-22(3)19-25(23(36)4)30-28(26-15-8-9-17-32-26)34-31(38)35(30)18-16-27(37)33-24-13-6-5-7-14-24/h5-15,17,19,28,30H,16,18H2,1-4H3,(H,33,37)(H,34,38)/t28-,30+/m0/s1. The zero-order chi connectivity index (χ0) is 26.8. The molecule has 3 heterocycles. The van der Waals surface area contributed by atoms with Gasteiger partial charge < -0.3 is 20.1 Å². The first-order valence-corrected chi connectivity index (χ1v) is 13.3. The number of rotatable bonds is 7. The molecule has 5 rings (SSSR count). The SMILES string of the molecule is Cc1cccc(C)c1-n1c(C)cc([C@@H]2[C@H](c3ccccn3)NC(=S)N2CCC(=O)Nc2ccccc2)c1C. The molecule has 2 aromatic heterocycles. The number of hydrogen-bond acceptors (Lipinski definition) is 3. The van der Waals surface area contributed by atoms with E-state index in [1.54, 1.807) is 0 Å². The van der Waals surface area contributed by atoms with Gasteiger partial charge in [0.1, 0.15) is 0 Å². The molecule has 4 aromatic rings. The Hall–Kier alpha value is -3.97. The predicted molar refractivity (Wildman–Crippen MR) is 157 cm³/mol. The molecule has 0 unspecified atom stereocenters. The van der Waals surface area contributed by atoms with Gasteiger partial charge >= 0.3 is 0 Å². The lowest BCUT2D eigenvalue weighted by Crippen LogP contribution is -2.32. The molecule has 1 aliphatic rings. The number of nitrogens with one attached hydrogen (secondary N) is 2. The van der Waals surface area contributed by atoms with E-state index in [9.17, 15) is 4.79 Å². The van der Waals surface area contributed by atoms with Gasteiger partial charge in [0.15, 0.2) is 5.11 Å². The number of para-hydroxylation sites is 2. The van der Waals surface area contributed by atoms with Crippen molar-refractivity contribution < 1.29 is 4.79 Å². The van der Waals surface area contributed by atoms with Crippen molar-refractivity contribution in [2.24, 2.45) is 0 Å². The van der Waals surface area contributed by atoms with Gasteiger partial charge in [0.2, 0.25) is 5.91 Å². The van der Waals surface area contributed by atoms with Gasteiger partial charge in [-0.3, -0.25) is 9.78 Å². The smallest absolute Gasteiger partial charge is 0.226 e. The van der Waals surface area contributed by atoms with Crippen LogP contribution in [0.2, 0.25) is 0 Å². The minimum absolute atomic E-state index is 0.0416. The van der Waals surface area contributed by atoms with Gasteiger partial charge in [0.05, 0.1) is 23.5 Å².